The summed E-state index contributed by atoms with van der Waals surface area (Å²) >= 11 is 0. The molecule has 0 atom stereocenters. The number of phenolic OH excluding ortho intramolecular Hbond substituents is 1. The molecule has 0 aromatic heterocycles. The SMILES string of the molecule is CCN(C(=O)c1ccc2ccccc2c1)N1CCCCC1.Oc1ccc2ccccc2c1. The van der Waals surface area contributed by atoms with E-state index in [2.05, 4.69) is 17.1 Å². The van der Waals surface area contributed by atoms with Crippen molar-refractivity contribution < 1.29 is 9.90 Å². The molecule has 0 spiro atoms. The van der Waals surface area contributed by atoms with Gasteiger partial charge in [0, 0.05) is 25.2 Å². The zero-order valence-electron chi connectivity index (χ0n) is 18.6. The zero-order valence-corrected chi connectivity index (χ0v) is 18.6. The van der Waals surface area contributed by atoms with Gasteiger partial charge in [0.2, 0.25) is 0 Å². The highest BCUT2D eigenvalue weighted by Gasteiger charge is 2.22. The molecule has 1 aliphatic heterocycles. The molecule has 0 saturated carbocycles. The minimum absolute atomic E-state index is 0.116. The number of amides is 1. The Labute approximate surface area is 189 Å². The number of aromatic hydroxyl groups is 1. The molecule has 1 N–H and O–H groups in total. The van der Waals surface area contributed by atoms with Crippen molar-refractivity contribution in [3.8, 4) is 5.75 Å². The number of benzene rings is 4. The van der Waals surface area contributed by atoms with Crippen LogP contribution in [0, 0.1) is 0 Å². The summed E-state index contributed by atoms with van der Waals surface area (Å²) in [6.45, 7) is 4.76. The van der Waals surface area contributed by atoms with Gasteiger partial charge in [0.25, 0.3) is 5.91 Å². The molecule has 1 saturated heterocycles. The Bertz CT molecular complexity index is 1200. The number of hydrogen-bond acceptors (Lipinski definition) is 3. The van der Waals surface area contributed by atoms with E-state index in [0.29, 0.717) is 5.75 Å². The molecular formula is C28H30N2O2. The highest BCUT2D eigenvalue weighted by Crippen LogP contribution is 2.20. The highest BCUT2D eigenvalue weighted by atomic mass is 16.3. The Morgan fingerprint density at radius 2 is 1.34 bits per heavy atom. The largest absolute Gasteiger partial charge is 0.508 e. The summed E-state index contributed by atoms with van der Waals surface area (Å²) in [6, 6.07) is 27.5. The molecular weight excluding hydrogens is 396 g/mol. The number of hydrazine groups is 1. The monoisotopic (exact) mass is 426 g/mol. The lowest BCUT2D eigenvalue weighted by molar-refractivity contribution is -0.0181. The Balaban J connectivity index is 0.000000186. The summed E-state index contributed by atoms with van der Waals surface area (Å²) in [5.74, 6) is 0.439. The smallest absolute Gasteiger partial charge is 0.268 e. The third kappa shape index (κ3) is 5.09. The second-order valence-corrected chi connectivity index (χ2v) is 8.13. The Morgan fingerprint density at radius 1 is 0.781 bits per heavy atom. The molecule has 5 rings (SSSR count). The molecule has 1 heterocycles. The van der Waals surface area contributed by atoms with E-state index in [1.807, 2.05) is 72.6 Å². The standard InChI is InChI=1S/C18H22N2O.C10H8O/c1-2-20(19-12-6-3-7-13-19)18(21)17-11-10-15-8-4-5-9-16(15)14-17;11-10-6-5-8-3-1-2-4-9(8)7-10/h4-5,8-11,14H,2-3,6-7,12-13H2,1H3;1-7,11H. The normalized spacial score (nSPS) is 14.0. The molecule has 4 aromatic rings. The third-order valence-corrected chi connectivity index (χ3v) is 5.94. The molecule has 4 aromatic carbocycles. The van der Waals surface area contributed by atoms with Crippen LogP contribution in [0.25, 0.3) is 21.5 Å². The van der Waals surface area contributed by atoms with Gasteiger partial charge >= 0.3 is 0 Å². The number of carbonyl (C=O) groups is 1. The van der Waals surface area contributed by atoms with Gasteiger partial charge in [0.05, 0.1) is 0 Å². The second kappa shape index (κ2) is 10.3. The highest BCUT2D eigenvalue weighted by molar-refractivity contribution is 5.98. The summed E-state index contributed by atoms with van der Waals surface area (Å²) in [6.07, 6.45) is 3.64. The van der Waals surface area contributed by atoms with Gasteiger partial charge in [-0.3, -0.25) is 9.80 Å². The molecule has 164 valence electrons. The van der Waals surface area contributed by atoms with E-state index in [1.165, 1.54) is 24.6 Å². The number of piperidine rings is 1. The molecule has 1 aliphatic rings. The van der Waals surface area contributed by atoms with Crippen LogP contribution in [0.1, 0.15) is 36.5 Å². The Kier molecular flexibility index (Phi) is 7.03. The maximum atomic E-state index is 12.8. The van der Waals surface area contributed by atoms with Gasteiger partial charge < -0.3 is 5.11 Å². The van der Waals surface area contributed by atoms with E-state index < -0.39 is 0 Å². The van der Waals surface area contributed by atoms with Crippen LogP contribution in [0.15, 0.2) is 84.9 Å². The minimum Gasteiger partial charge on any atom is -0.508 e. The van der Waals surface area contributed by atoms with Gasteiger partial charge in [0.1, 0.15) is 5.75 Å². The topological polar surface area (TPSA) is 43.8 Å². The van der Waals surface area contributed by atoms with Gasteiger partial charge in [-0.2, -0.15) is 0 Å². The predicted molar refractivity (Wildman–Crippen MR) is 132 cm³/mol. The number of fused-ring (bicyclic) bond motifs is 2. The fourth-order valence-corrected chi connectivity index (χ4v) is 4.24. The molecule has 0 bridgehead atoms. The fourth-order valence-electron chi connectivity index (χ4n) is 4.24. The Morgan fingerprint density at radius 3 is 1.97 bits per heavy atom. The molecule has 4 heteroatoms. The number of rotatable bonds is 3. The molecule has 0 radical (unpaired) electrons. The van der Waals surface area contributed by atoms with Gasteiger partial charge in [-0.1, -0.05) is 67.1 Å². The Hall–Kier alpha value is -3.37. The van der Waals surface area contributed by atoms with Crippen molar-refractivity contribution in [2.75, 3.05) is 19.6 Å². The number of hydrogen-bond donors (Lipinski definition) is 1. The van der Waals surface area contributed by atoms with Gasteiger partial charge in [-0.25, -0.2) is 5.01 Å². The number of nitrogens with zero attached hydrogens (tertiary/aromatic N) is 2. The van der Waals surface area contributed by atoms with Crippen molar-refractivity contribution in [2.45, 2.75) is 26.2 Å². The first-order valence-electron chi connectivity index (χ1n) is 11.4. The third-order valence-electron chi connectivity index (χ3n) is 5.94. The van der Waals surface area contributed by atoms with E-state index in [4.69, 9.17) is 5.11 Å². The van der Waals surface area contributed by atoms with Crippen molar-refractivity contribution >= 4 is 27.5 Å². The van der Waals surface area contributed by atoms with E-state index in [9.17, 15) is 4.79 Å². The lowest BCUT2D eigenvalue weighted by atomic mass is 10.1. The lowest BCUT2D eigenvalue weighted by Gasteiger charge is -2.36. The summed E-state index contributed by atoms with van der Waals surface area (Å²) < 4.78 is 0. The minimum atomic E-state index is 0.116. The van der Waals surface area contributed by atoms with E-state index in [0.717, 1.165) is 41.4 Å². The molecule has 1 amide bonds. The van der Waals surface area contributed by atoms with E-state index in [-0.39, 0.29) is 5.91 Å². The molecule has 32 heavy (non-hydrogen) atoms. The fraction of sp³-hybridized carbons (Fsp3) is 0.250. The van der Waals surface area contributed by atoms with Crippen molar-refractivity contribution in [3.63, 3.8) is 0 Å². The first kappa shape index (κ1) is 21.8. The lowest BCUT2D eigenvalue weighted by Crippen LogP contribution is -2.48. The summed E-state index contributed by atoms with van der Waals surface area (Å²) in [5.41, 5.74) is 0.779. The van der Waals surface area contributed by atoms with Gasteiger partial charge in [0.15, 0.2) is 0 Å². The number of carbonyl (C=O) groups excluding carboxylic acids is 1. The predicted octanol–water partition coefficient (Wildman–Crippen LogP) is 6.25. The average molecular weight is 427 g/mol. The van der Waals surface area contributed by atoms with Crippen LogP contribution < -0.4 is 0 Å². The quantitative estimate of drug-likeness (QED) is 0.421. The van der Waals surface area contributed by atoms with E-state index in [1.54, 1.807) is 12.1 Å². The van der Waals surface area contributed by atoms with Crippen molar-refractivity contribution in [1.82, 2.24) is 10.0 Å². The van der Waals surface area contributed by atoms with Gasteiger partial charge in [-0.05, 0) is 65.6 Å². The van der Waals surface area contributed by atoms with Crippen LogP contribution in [-0.2, 0) is 0 Å². The van der Waals surface area contributed by atoms with Crippen LogP contribution in [0.2, 0.25) is 0 Å². The summed E-state index contributed by atoms with van der Waals surface area (Å²) in [5, 5.41) is 17.8. The van der Waals surface area contributed by atoms with Crippen LogP contribution in [0.4, 0.5) is 0 Å². The van der Waals surface area contributed by atoms with E-state index >= 15 is 0 Å². The molecule has 1 fully saturated rings. The van der Waals surface area contributed by atoms with Crippen LogP contribution in [0.5, 0.6) is 5.75 Å². The first-order chi connectivity index (χ1) is 15.7. The molecule has 4 nitrogen and oxygen atoms in total. The summed E-state index contributed by atoms with van der Waals surface area (Å²) in [4.78, 5) is 12.8. The van der Waals surface area contributed by atoms with Crippen LogP contribution >= 0.6 is 0 Å². The summed E-state index contributed by atoms with van der Waals surface area (Å²) in [7, 11) is 0. The second-order valence-electron chi connectivity index (χ2n) is 8.13. The van der Waals surface area contributed by atoms with Gasteiger partial charge in [-0.15, -0.1) is 0 Å². The zero-order chi connectivity index (χ0) is 22.3. The molecule has 0 unspecified atom stereocenters. The van der Waals surface area contributed by atoms with Crippen LogP contribution in [-0.4, -0.2) is 40.7 Å². The maximum Gasteiger partial charge on any atom is 0.268 e. The molecule has 0 aliphatic carbocycles. The maximum absolute atomic E-state index is 12.8. The first-order valence-corrected chi connectivity index (χ1v) is 11.4. The van der Waals surface area contributed by atoms with Crippen LogP contribution in [0.3, 0.4) is 0 Å². The van der Waals surface area contributed by atoms with Crippen molar-refractivity contribution in [2.24, 2.45) is 0 Å². The average Bonchev–Trinajstić information content (AvgIpc) is 2.85. The number of phenols is 1. The van der Waals surface area contributed by atoms with Crippen molar-refractivity contribution in [1.29, 1.82) is 0 Å². The van der Waals surface area contributed by atoms with Crippen molar-refractivity contribution in [3.05, 3.63) is 90.5 Å².